The van der Waals surface area contributed by atoms with Gasteiger partial charge in [-0.3, -0.25) is 0 Å². The maximum atomic E-state index is 9.67. The van der Waals surface area contributed by atoms with Gasteiger partial charge >= 0.3 is 0 Å². The Balaban J connectivity index is 1.55. The van der Waals surface area contributed by atoms with Crippen LogP contribution in [0.1, 0.15) is 25.7 Å². The maximum absolute atomic E-state index is 9.67. The van der Waals surface area contributed by atoms with Crippen molar-refractivity contribution in [2.24, 2.45) is 0 Å². The largest absolute Gasteiger partial charge is 0.390 e. The van der Waals surface area contributed by atoms with Crippen LogP contribution >= 0.6 is 0 Å². The molecule has 2 saturated carbocycles. The van der Waals surface area contributed by atoms with Crippen molar-refractivity contribution in [1.82, 2.24) is 10.2 Å². The summed E-state index contributed by atoms with van der Waals surface area (Å²) < 4.78 is 0. The van der Waals surface area contributed by atoms with Crippen molar-refractivity contribution in [2.45, 2.75) is 43.9 Å². The molecule has 0 aliphatic heterocycles. The predicted octanol–water partition coefficient (Wildman–Crippen LogP) is 0.193. The molecule has 2 fully saturated rings. The lowest BCUT2D eigenvalue weighted by atomic mass is 10.3. The van der Waals surface area contributed by atoms with E-state index in [-0.39, 0.29) is 6.10 Å². The van der Waals surface area contributed by atoms with E-state index in [0.717, 1.165) is 19.1 Å². The van der Waals surface area contributed by atoms with Gasteiger partial charge in [-0.05, 0) is 32.7 Å². The second-order valence-electron chi connectivity index (χ2n) is 4.51. The van der Waals surface area contributed by atoms with Gasteiger partial charge in [-0.1, -0.05) is 0 Å². The molecule has 1 atom stereocenters. The van der Waals surface area contributed by atoms with Gasteiger partial charge in [-0.2, -0.15) is 0 Å². The van der Waals surface area contributed by atoms with E-state index in [2.05, 4.69) is 17.3 Å². The Hall–Kier alpha value is -0.120. The number of aliphatic hydroxyl groups is 1. The number of rotatable bonds is 6. The second-order valence-corrected chi connectivity index (χ2v) is 4.51. The zero-order chi connectivity index (χ0) is 9.26. The second kappa shape index (κ2) is 3.95. The van der Waals surface area contributed by atoms with Crippen molar-refractivity contribution >= 4 is 0 Å². The van der Waals surface area contributed by atoms with Crippen molar-refractivity contribution in [3.8, 4) is 0 Å². The molecule has 0 aromatic carbocycles. The molecule has 3 heteroatoms. The third-order valence-corrected chi connectivity index (χ3v) is 2.89. The van der Waals surface area contributed by atoms with Crippen LogP contribution in [-0.4, -0.2) is 48.3 Å². The van der Waals surface area contributed by atoms with E-state index in [4.69, 9.17) is 0 Å². The Morgan fingerprint density at radius 3 is 2.62 bits per heavy atom. The molecule has 2 aliphatic carbocycles. The fourth-order valence-corrected chi connectivity index (χ4v) is 1.65. The van der Waals surface area contributed by atoms with Gasteiger partial charge in [0.05, 0.1) is 6.10 Å². The Morgan fingerprint density at radius 1 is 1.38 bits per heavy atom. The topological polar surface area (TPSA) is 35.5 Å². The number of likely N-dealkylation sites (N-methyl/N-ethyl adjacent to an activating group) is 1. The molecule has 0 heterocycles. The number of nitrogens with zero attached hydrogens (tertiary/aromatic N) is 1. The zero-order valence-electron chi connectivity index (χ0n) is 8.37. The number of nitrogens with one attached hydrogen (secondary N) is 1. The van der Waals surface area contributed by atoms with Crippen LogP contribution in [0.25, 0.3) is 0 Å². The smallest absolute Gasteiger partial charge is 0.0791 e. The lowest BCUT2D eigenvalue weighted by molar-refractivity contribution is 0.120. The molecule has 76 valence electrons. The Morgan fingerprint density at radius 2 is 2.08 bits per heavy atom. The summed E-state index contributed by atoms with van der Waals surface area (Å²) in [5, 5.41) is 13.0. The van der Waals surface area contributed by atoms with Crippen LogP contribution in [0.4, 0.5) is 0 Å². The SMILES string of the molecule is CN(CC(O)CNC1CC1)C1CC1. The average molecular weight is 184 g/mol. The Kier molecular flexibility index (Phi) is 2.86. The molecule has 2 rings (SSSR count). The lowest BCUT2D eigenvalue weighted by Crippen LogP contribution is -2.38. The van der Waals surface area contributed by atoms with E-state index in [9.17, 15) is 5.11 Å². The van der Waals surface area contributed by atoms with E-state index >= 15 is 0 Å². The first kappa shape index (κ1) is 9.44. The van der Waals surface area contributed by atoms with Crippen LogP contribution < -0.4 is 5.32 Å². The third kappa shape index (κ3) is 3.25. The normalized spacial score (nSPS) is 25.2. The minimum Gasteiger partial charge on any atom is -0.390 e. The predicted molar refractivity (Wildman–Crippen MR) is 52.7 cm³/mol. The highest BCUT2D eigenvalue weighted by Crippen LogP contribution is 2.25. The minimum absolute atomic E-state index is 0.189. The van der Waals surface area contributed by atoms with Crippen molar-refractivity contribution in [1.29, 1.82) is 0 Å². The maximum Gasteiger partial charge on any atom is 0.0791 e. The van der Waals surface area contributed by atoms with Crippen molar-refractivity contribution < 1.29 is 5.11 Å². The molecule has 2 N–H and O–H groups in total. The van der Waals surface area contributed by atoms with E-state index in [1.165, 1.54) is 25.7 Å². The first-order valence-electron chi connectivity index (χ1n) is 5.37. The molecule has 2 aliphatic rings. The minimum atomic E-state index is -0.189. The van der Waals surface area contributed by atoms with Gasteiger partial charge in [-0.15, -0.1) is 0 Å². The number of hydrogen-bond acceptors (Lipinski definition) is 3. The summed E-state index contributed by atoms with van der Waals surface area (Å²) in [6, 6.07) is 1.47. The van der Waals surface area contributed by atoms with Gasteiger partial charge in [0.15, 0.2) is 0 Å². The van der Waals surface area contributed by atoms with Crippen molar-refractivity contribution in [3.63, 3.8) is 0 Å². The first-order valence-corrected chi connectivity index (χ1v) is 5.37. The fourth-order valence-electron chi connectivity index (χ4n) is 1.65. The van der Waals surface area contributed by atoms with E-state index < -0.39 is 0 Å². The van der Waals surface area contributed by atoms with Crippen LogP contribution in [0, 0.1) is 0 Å². The van der Waals surface area contributed by atoms with Gasteiger partial charge in [0, 0.05) is 25.2 Å². The van der Waals surface area contributed by atoms with Crippen LogP contribution in [0.3, 0.4) is 0 Å². The first-order chi connectivity index (χ1) is 6.25. The van der Waals surface area contributed by atoms with Crippen LogP contribution in [0.5, 0.6) is 0 Å². The van der Waals surface area contributed by atoms with E-state index in [1.54, 1.807) is 0 Å². The van der Waals surface area contributed by atoms with Gasteiger partial charge in [-0.25, -0.2) is 0 Å². The monoisotopic (exact) mass is 184 g/mol. The van der Waals surface area contributed by atoms with Crippen LogP contribution in [0.15, 0.2) is 0 Å². The number of hydrogen-bond donors (Lipinski definition) is 2. The molecule has 0 saturated heterocycles. The summed E-state index contributed by atoms with van der Waals surface area (Å²) in [6.07, 6.45) is 5.04. The summed E-state index contributed by atoms with van der Waals surface area (Å²) in [5.74, 6) is 0. The molecule has 0 aromatic heterocycles. The molecular formula is C10H20N2O. The summed E-state index contributed by atoms with van der Waals surface area (Å²) in [7, 11) is 2.11. The van der Waals surface area contributed by atoms with Crippen LogP contribution in [-0.2, 0) is 0 Å². The van der Waals surface area contributed by atoms with Crippen molar-refractivity contribution in [3.05, 3.63) is 0 Å². The average Bonchev–Trinajstić information content (AvgIpc) is 2.93. The highest BCUT2D eigenvalue weighted by atomic mass is 16.3. The van der Waals surface area contributed by atoms with Gasteiger partial charge in [0.1, 0.15) is 0 Å². The molecule has 0 aromatic rings. The molecule has 0 spiro atoms. The Bertz CT molecular complexity index is 166. The molecule has 0 bridgehead atoms. The van der Waals surface area contributed by atoms with Gasteiger partial charge < -0.3 is 15.3 Å². The fraction of sp³-hybridized carbons (Fsp3) is 1.00. The molecule has 0 amide bonds. The van der Waals surface area contributed by atoms with Crippen molar-refractivity contribution in [2.75, 3.05) is 20.1 Å². The third-order valence-electron chi connectivity index (χ3n) is 2.89. The van der Waals surface area contributed by atoms with E-state index in [1.807, 2.05) is 0 Å². The molecule has 1 unspecified atom stereocenters. The highest BCUT2D eigenvalue weighted by Gasteiger charge is 2.27. The van der Waals surface area contributed by atoms with E-state index in [0.29, 0.717) is 6.04 Å². The summed E-state index contributed by atoms with van der Waals surface area (Å²) >= 11 is 0. The lowest BCUT2D eigenvalue weighted by Gasteiger charge is -2.20. The molecule has 13 heavy (non-hydrogen) atoms. The van der Waals surface area contributed by atoms with Crippen LogP contribution in [0.2, 0.25) is 0 Å². The summed E-state index contributed by atoms with van der Waals surface area (Å²) in [4.78, 5) is 2.28. The number of aliphatic hydroxyl groups excluding tert-OH is 1. The highest BCUT2D eigenvalue weighted by molar-refractivity contribution is 4.85. The van der Waals surface area contributed by atoms with Gasteiger partial charge in [0.2, 0.25) is 0 Å². The molecule has 3 nitrogen and oxygen atoms in total. The zero-order valence-corrected chi connectivity index (χ0v) is 8.37. The standard InChI is InChI=1S/C10H20N2O/c1-12(9-4-5-9)7-10(13)6-11-8-2-3-8/h8-11,13H,2-7H2,1H3. The quantitative estimate of drug-likeness (QED) is 0.619. The summed E-state index contributed by atoms with van der Waals surface area (Å²) in [6.45, 7) is 1.59. The molecule has 0 radical (unpaired) electrons. The van der Waals surface area contributed by atoms with Gasteiger partial charge in [0.25, 0.3) is 0 Å². The Labute approximate surface area is 80.1 Å². The summed E-state index contributed by atoms with van der Waals surface area (Å²) in [5.41, 5.74) is 0. The molecular weight excluding hydrogens is 164 g/mol.